The lowest BCUT2D eigenvalue weighted by molar-refractivity contribution is -0.145. The zero-order valence-electron chi connectivity index (χ0n) is 26.6. The number of fused-ring (bicyclic) bond motifs is 5. The number of nitrogens with zero attached hydrogens (tertiary/aromatic N) is 3. The van der Waals surface area contributed by atoms with Gasteiger partial charge in [0.1, 0.15) is 16.8 Å². The molecule has 0 N–H and O–H groups in total. The van der Waals surface area contributed by atoms with Crippen molar-refractivity contribution in [2.45, 2.75) is 98.6 Å². The number of pyridine rings is 1. The van der Waals surface area contributed by atoms with Crippen molar-refractivity contribution in [3.8, 4) is 17.1 Å². The van der Waals surface area contributed by atoms with Crippen LogP contribution in [0.4, 0.5) is 0 Å². The number of carbonyl (C=O) groups excluding carboxylic acids is 2. The van der Waals surface area contributed by atoms with E-state index in [4.69, 9.17) is 19.3 Å². The number of ether oxygens (including phenoxy) is 3. The molecule has 0 amide bonds. The van der Waals surface area contributed by atoms with Crippen LogP contribution in [0.5, 0.6) is 5.75 Å². The molecular formula is C34H47N3O6. The highest BCUT2D eigenvalue weighted by atomic mass is 16.5. The fourth-order valence-electron chi connectivity index (χ4n) is 5.74. The molecule has 0 spiro atoms. The van der Waals surface area contributed by atoms with E-state index in [1.165, 1.54) is 13.2 Å². The van der Waals surface area contributed by atoms with Gasteiger partial charge in [-0.15, -0.1) is 0 Å². The third-order valence-electron chi connectivity index (χ3n) is 8.56. The minimum Gasteiger partial charge on any atom is -0.491 e. The van der Waals surface area contributed by atoms with Gasteiger partial charge in [-0.1, -0.05) is 78.9 Å². The van der Waals surface area contributed by atoms with Crippen molar-refractivity contribution in [1.29, 1.82) is 0 Å². The van der Waals surface area contributed by atoms with Gasteiger partial charge in [0, 0.05) is 24.1 Å². The summed E-state index contributed by atoms with van der Waals surface area (Å²) in [4.78, 5) is 37.3. The molecule has 1 aliphatic heterocycles. The summed E-state index contributed by atoms with van der Waals surface area (Å²) < 4.78 is 20.5. The summed E-state index contributed by atoms with van der Waals surface area (Å²) >= 11 is 0. The average molecular weight is 594 g/mol. The Bertz CT molecular complexity index is 1480. The smallest absolute Gasteiger partial charge is 0.343 e. The summed E-state index contributed by atoms with van der Waals surface area (Å²) in [6.45, 7) is 12.4. The van der Waals surface area contributed by atoms with Crippen molar-refractivity contribution in [2.75, 3.05) is 20.3 Å². The number of hydrogen-bond acceptors (Lipinski definition) is 7. The summed E-state index contributed by atoms with van der Waals surface area (Å²) in [5.41, 5.74) is 1.81. The zero-order valence-corrected chi connectivity index (χ0v) is 26.6. The van der Waals surface area contributed by atoms with Gasteiger partial charge < -0.3 is 18.8 Å². The van der Waals surface area contributed by atoms with E-state index in [2.05, 4.69) is 34.6 Å². The van der Waals surface area contributed by atoms with Crippen LogP contribution < -0.4 is 10.2 Å². The van der Waals surface area contributed by atoms with Gasteiger partial charge in [0.05, 0.1) is 44.3 Å². The minimum absolute atomic E-state index is 0.0267. The van der Waals surface area contributed by atoms with Crippen LogP contribution in [0, 0.1) is 11.3 Å². The van der Waals surface area contributed by atoms with Crippen LogP contribution in [0.3, 0.4) is 0 Å². The normalized spacial score (nSPS) is 14.4. The predicted octanol–water partition coefficient (Wildman–Crippen LogP) is 6.95. The van der Waals surface area contributed by atoms with Gasteiger partial charge in [-0.3, -0.25) is 14.3 Å². The van der Waals surface area contributed by atoms with Gasteiger partial charge in [0.25, 0.3) is 0 Å². The SMILES string of the molecule is CCC(CC)COC(=O)CCCCCCCOc1cccc2c3n(nc12)C[C@@H](C(C)(C)C)n1cc(C(=O)OC)c(=O)cc1-3. The molecule has 43 heavy (non-hydrogen) atoms. The topological polar surface area (TPSA) is 102 Å². The summed E-state index contributed by atoms with van der Waals surface area (Å²) in [6.07, 6.45) is 9.01. The lowest BCUT2D eigenvalue weighted by Crippen LogP contribution is -2.35. The van der Waals surface area contributed by atoms with Crippen molar-refractivity contribution in [3.63, 3.8) is 0 Å². The average Bonchev–Trinajstić information content (AvgIpc) is 3.37. The molecule has 1 aromatic carbocycles. The Kier molecular flexibility index (Phi) is 10.7. The van der Waals surface area contributed by atoms with Crippen molar-refractivity contribution < 1.29 is 23.8 Å². The van der Waals surface area contributed by atoms with E-state index in [1.807, 2.05) is 27.4 Å². The van der Waals surface area contributed by atoms with Crippen LogP contribution in [0.25, 0.3) is 22.3 Å². The number of aromatic nitrogens is 3. The highest BCUT2D eigenvalue weighted by Crippen LogP contribution is 2.43. The van der Waals surface area contributed by atoms with Crippen molar-refractivity contribution >= 4 is 22.8 Å². The molecule has 3 aromatic rings. The van der Waals surface area contributed by atoms with Gasteiger partial charge in [0.2, 0.25) is 0 Å². The summed E-state index contributed by atoms with van der Waals surface area (Å²) in [7, 11) is 1.28. The van der Waals surface area contributed by atoms with Gasteiger partial charge in [-0.05, 0) is 30.2 Å². The molecule has 3 heterocycles. The number of esters is 2. The Morgan fingerprint density at radius 3 is 2.49 bits per heavy atom. The second kappa shape index (κ2) is 14.2. The van der Waals surface area contributed by atoms with Crippen LogP contribution >= 0.6 is 0 Å². The first-order chi connectivity index (χ1) is 20.6. The van der Waals surface area contributed by atoms with Gasteiger partial charge >= 0.3 is 11.9 Å². The molecule has 2 aromatic heterocycles. The molecule has 234 valence electrons. The van der Waals surface area contributed by atoms with E-state index >= 15 is 0 Å². The van der Waals surface area contributed by atoms with E-state index in [-0.39, 0.29) is 28.4 Å². The second-order valence-corrected chi connectivity index (χ2v) is 12.6. The number of hydrogen-bond donors (Lipinski definition) is 0. The Morgan fingerprint density at radius 2 is 1.79 bits per heavy atom. The number of unbranched alkanes of at least 4 members (excludes halogenated alkanes) is 4. The molecule has 0 unspecified atom stereocenters. The first-order valence-corrected chi connectivity index (χ1v) is 15.7. The molecular weight excluding hydrogens is 546 g/mol. The number of methoxy groups -OCH3 is 1. The zero-order chi connectivity index (χ0) is 31.1. The first-order valence-electron chi connectivity index (χ1n) is 15.7. The standard InChI is InChI=1S/C34H47N3O6/c1-7-23(8-2)22-43-30(39)17-12-10-9-11-13-18-42-28-16-14-15-24-31(28)35-37-21-29(34(3,4)5)36-20-25(33(40)41-6)27(38)19-26(36)32(24)37/h14-16,19-20,23,29H,7-13,17-18,21-22H2,1-6H3/t29-/m0/s1. The van der Waals surface area contributed by atoms with Crippen molar-refractivity contribution in [2.24, 2.45) is 11.3 Å². The van der Waals surface area contributed by atoms with Gasteiger partial charge in [0.15, 0.2) is 5.43 Å². The summed E-state index contributed by atoms with van der Waals surface area (Å²) in [6, 6.07) is 7.37. The number of carbonyl (C=O) groups is 2. The van der Waals surface area contributed by atoms with Crippen LogP contribution in [-0.2, 0) is 20.8 Å². The molecule has 0 saturated carbocycles. The van der Waals surface area contributed by atoms with Gasteiger partial charge in [-0.25, -0.2) is 4.79 Å². The maximum Gasteiger partial charge on any atom is 0.343 e. The van der Waals surface area contributed by atoms with Crippen LogP contribution in [-0.4, -0.2) is 46.6 Å². The van der Waals surface area contributed by atoms with Crippen LogP contribution in [0.2, 0.25) is 0 Å². The van der Waals surface area contributed by atoms with Gasteiger partial charge in [-0.2, -0.15) is 5.10 Å². The Morgan fingerprint density at radius 1 is 1.07 bits per heavy atom. The third kappa shape index (κ3) is 7.48. The molecule has 1 aliphatic rings. The molecule has 1 atom stereocenters. The molecule has 0 aliphatic carbocycles. The number of benzene rings is 1. The van der Waals surface area contributed by atoms with Crippen molar-refractivity contribution in [1.82, 2.24) is 14.3 Å². The maximum absolute atomic E-state index is 13.0. The lowest BCUT2D eigenvalue weighted by Gasteiger charge is -2.38. The molecule has 0 saturated heterocycles. The van der Waals surface area contributed by atoms with E-state index < -0.39 is 5.97 Å². The second-order valence-electron chi connectivity index (χ2n) is 12.6. The highest BCUT2D eigenvalue weighted by molar-refractivity contribution is 5.97. The fraction of sp³-hybridized carbons (Fsp3) is 0.588. The maximum atomic E-state index is 13.0. The molecule has 4 rings (SSSR count). The Labute approximate surface area is 254 Å². The van der Waals surface area contributed by atoms with E-state index in [0.717, 1.165) is 67.2 Å². The lowest BCUT2D eigenvalue weighted by atomic mass is 9.85. The van der Waals surface area contributed by atoms with Crippen LogP contribution in [0.1, 0.15) is 102 Å². The van der Waals surface area contributed by atoms with Crippen molar-refractivity contribution in [3.05, 3.63) is 46.2 Å². The van der Waals surface area contributed by atoms with Crippen LogP contribution in [0.15, 0.2) is 35.3 Å². The monoisotopic (exact) mass is 593 g/mol. The highest BCUT2D eigenvalue weighted by Gasteiger charge is 2.35. The van der Waals surface area contributed by atoms with E-state index in [9.17, 15) is 14.4 Å². The Hall–Kier alpha value is -3.62. The predicted molar refractivity (Wildman–Crippen MR) is 167 cm³/mol. The molecule has 0 fully saturated rings. The minimum atomic E-state index is -0.636. The Balaban J connectivity index is 1.39. The quantitative estimate of drug-likeness (QED) is 0.147. The molecule has 9 nitrogen and oxygen atoms in total. The summed E-state index contributed by atoms with van der Waals surface area (Å²) in [5.74, 6) is 0.454. The fourth-order valence-corrected chi connectivity index (χ4v) is 5.74. The molecule has 0 radical (unpaired) electrons. The molecule has 9 heteroatoms. The first kappa shape index (κ1) is 32.3. The largest absolute Gasteiger partial charge is 0.491 e. The van der Waals surface area contributed by atoms with E-state index in [1.54, 1.807) is 6.20 Å². The summed E-state index contributed by atoms with van der Waals surface area (Å²) in [5, 5.41) is 5.86. The molecule has 0 bridgehead atoms. The number of rotatable bonds is 14. The third-order valence-corrected chi connectivity index (χ3v) is 8.56. The van der Waals surface area contributed by atoms with E-state index in [0.29, 0.717) is 37.8 Å².